The minimum Gasteiger partial charge on any atom is -0.481 e. The number of hydrogen-bond donors (Lipinski definition) is 4. The van der Waals surface area contributed by atoms with Crippen LogP contribution in [0.3, 0.4) is 0 Å². The third kappa shape index (κ3) is 5.38. The van der Waals surface area contributed by atoms with Gasteiger partial charge in [-0.05, 0) is 17.5 Å². The van der Waals surface area contributed by atoms with Gasteiger partial charge >= 0.3 is 5.97 Å². The number of nitrogens with one attached hydrogen (secondary N) is 1. The molecule has 0 bridgehead atoms. The lowest BCUT2D eigenvalue weighted by Crippen LogP contribution is -2.27. The predicted molar refractivity (Wildman–Crippen MR) is 72.0 cm³/mol. The van der Waals surface area contributed by atoms with E-state index in [1.807, 2.05) is 0 Å². The third-order valence-electron chi connectivity index (χ3n) is 2.86. The van der Waals surface area contributed by atoms with E-state index in [9.17, 15) is 19.8 Å². The average Bonchev–Trinajstić information content (AvgIpc) is 2.37. The zero-order valence-corrected chi connectivity index (χ0v) is 11.2. The monoisotopic (exact) mass is 281 g/mol. The first-order valence-corrected chi connectivity index (χ1v) is 6.31. The molecule has 20 heavy (non-hydrogen) atoms. The summed E-state index contributed by atoms with van der Waals surface area (Å²) < 4.78 is 0. The van der Waals surface area contributed by atoms with Crippen molar-refractivity contribution in [3.63, 3.8) is 0 Å². The van der Waals surface area contributed by atoms with Gasteiger partial charge in [-0.25, -0.2) is 0 Å². The van der Waals surface area contributed by atoms with Gasteiger partial charge in [0, 0.05) is 13.5 Å². The summed E-state index contributed by atoms with van der Waals surface area (Å²) >= 11 is 0. The van der Waals surface area contributed by atoms with Crippen LogP contribution in [0, 0.1) is 0 Å². The lowest BCUT2D eigenvalue weighted by molar-refractivity contribution is -0.136. The smallest absolute Gasteiger partial charge is 0.307 e. The van der Waals surface area contributed by atoms with Crippen LogP contribution in [0.5, 0.6) is 0 Å². The Morgan fingerprint density at radius 2 is 1.80 bits per heavy atom. The zero-order chi connectivity index (χ0) is 15.1. The normalized spacial score (nSPS) is 13.6. The summed E-state index contributed by atoms with van der Waals surface area (Å²) in [6.07, 6.45) is -1.91. The van der Waals surface area contributed by atoms with E-state index in [1.54, 1.807) is 24.3 Å². The largest absolute Gasteiger partial charge is 0.481 e. The fourth-order valence-corrected chi connectivity index (χ4v) is 1.78. The lowest BCUT2D eigenvalue weighted by atomic mass is 10.00. The van der Waals surface area contributed by atoms with E-state index in [2.05, 4.69) is 5.32 Å². The fourth-order valence-electron chi connectivity index (χ4n) is 1.78. The van der Waals surface area contributed by atoms with Crippen molar-refractivity contribution in [2.45, 2.75) is 32.0 Å². The molecule has 110 valence electrons. The van der Waals surface area contributed by atoms with Gasteiger partial charge in [0.05, 0.1) is 12.5 Å². The number of hydrogen-bond acceptors (Lipinski definition) is 4. The molecule has 0 fully saturated rings. The molecule has 0 saturated carbocycles. The highest BCUT2D eigenvalue weighted by Gasteiger charge is 2.18. The quantitative estimate of drug-likeness (QED) is 0.572. The number of benzene rings is 1. The number of carboxylic acid groups (broad SMARTS) is 1. The Hall–Kier alpha value is -1.92. The second-order valence-corrected chi connectivity index (χ2v) is 4.60. The second kappa shape index (κ2) is 7.62. The predicted octanol–water partition coefficient (Wildman–Crippen LogP) is 0.234. The molecule has 4 N–H and O–H groups in total. The maximum Gasteiger partial charge on any atom is 0.307 e. The van der Waals surface area contributed by atoms with Crippen molar-refractivity contribution in [2.24, 2.45) is 0 Å². The first-order valence-electron chi connectivity index (χ1n) is 6.31. The van der Waals surface area contributed by atoms with Crippen LogP contribution in [0.2, 0.25) is 0 Å². The average molecular weight is 281 g/mol. The van der Waals surface area contributed by atoms with E-state index >= 15 is 0 Å². The molecule has 0 aromatic heterocycles. The fraction of sp³-hybridized carbons (Fsp3) is 0.429. The van der Waals surface area contributed by atoms with Gasteiger partial charge in [-0.3, -0.25) is 9.59 Å². The highest BCUT2D eigenvalue weighted by molar-refractivity contribution is 5.72. The van der Waals surface area contributed by atoms with Gasteiger partial charge in [0.2, 0.25) is 5.91 Å². The number of carboxylic acids is 1. The Bertz CT molecular complexity index is 457. The van der Waals surface area contributed by atoms with Crippen LogP contribution in [0.1, 0.15) is 30.6 Å². The van der Waals surface area contributed by atoms with Gasteiger partial charge in [0.15, 0.2) is 0 Å². The van der Waals surface area contributed by atoms with E-state index in [1.165, 1.54) is 6.92 Å². The highest BCUT2D eigenvalue weighted by Crippen LogP contribution is 2.19. The molecular formula is C14H19NO5. The van der Waals surface area contributed by atoms with Gasteiger partial charge in [0.1, 0.15) is 6.10 Å². The maximum atomic E-state index is 10.7. The number of aliphatic carboxylic acids is 1. The Morgan fingerprint density at radius 3 is 2.30 bits per heavy atom. The number of rotatable bonds is 7. The molecule has 2 unspecified atom stereocenters. The molecule has 6 nitrogen and oxygen atoms in total. The van der Waals surface area contributed by atoms with Crippen LogP contribution in [0.4, 0.5) is 0 Å². The molecule has 0 aliphatic rings. The van der Waals surface area contributed by atoms with Crippen LogP contribution in [-0.4, -0.2) is 39.8 Å². The molecule has 2 atom stereocenters. The number of aliphatic hydroxyl groups is 2. The molecule has 0 aliphatic heterocycles. The summed E-state index contributed by atoms with van der Waals surface area (Å²) in [5, 5.41) is 30.9. The zero-order valence-electron chi connectivity index (χ0n) is 11.2. The van der Waals surface area contributed by atoms with Crippen molar-refractivity contribution in [2.75, 3.05) is 6.54 Å². The van der Waals surface area contributed by atoms with Crippen molar-refractivity contribution in [1.29, 1.82) is 0 Å². The maximum absolute atomic E-state index is 10.7. The molecule has 1 aromatic rings. The Kier molecular flexibility index (Phi) is 6.14. The molecule has 0 aliphatic carbocycles. The van der Waals surface area contributed by atoms with Crippen molar-refractivity contribution < 1.29 is 24.9 Å². The summed E-state index contributed by atoms with van der Waals surface area (Å²) in [4.78, 5) is 21.2. The van der Waals surface area contributed by atoms with Crippen LogP contribution >= 0.6 is 0 Å². The molecule has 6 heteroatoms. The molecule has 0 spiro atoms. The molecule has 1 rings (SSSR count). The molecule has 1 aromatic carbocycles. The van der Waals surface area contributed by atoms with Gasteiger partial charge in [0.25, 0.3) is 0 Å². The number of carbonyl (C=O) groups excluding carboxylic acids is 1. The van der Waals surface area contributed by atoms with E-state index in [4.69, 9.17) is 5.11 Å². The van der Waals surface area contributed by atoms with Crippen molar-refractivity contribution in [3.05, 3.63) is 35.4 Å². The first-order chi connectivity index (χ1) is 9.40. The number of aliphatic hydroxyl groups excluding tert-OH is 2. The van der Waals surface area contributed by atoms with E-state index in [0.29, 0.717) is 11.1 Å². The topological polar surface area (TPSA) is 107 Å². The Morgan fingerprint density at radius 1 is 1.20 bits per heavy atom. The van der Waals surface area contributed by atoms with Gasteiger partial charge in [-0.15, -0.1) is 0 Å². The molecule has 0 heterocycles. The van der Waals surface area contributed by atoms with Gasteiger partial charge in [-0.1, -0.05) is 24.3 Å². The van der Waals surface area contributed by atoms with Gasteiger partial charge in [-0.2, -0.15) is 0 Å². The minimum absolute atomic E-state index is 0.0819. The van der Waals surface area contributed by atoms with E-state index in [0.717, 1.165) is 0 Å². The summed E-state index contributed by atoms with van der Waals surface area (Å²) in [6.45, 7) is 1.66. The summed E-state index contributed by atoms with van der Waals surface area (Å²) in [5.41, 5.74) is 1.13. The molecular weight excluding hydrogens is 262 g/mol. The van der Waals surface area contributed by atoms with Crippen molar-refractivity contribution >= 4 is 11.9 Å². The molecule has 0 radical (unpaired) electrons. The summed E-state index contributed by atoms with van der Waals surface area (Å²) in [5.74, 6) is -1.11. The standard InChI is InChI=1S/C14H19NO5/c1-9(16)15-7-6-12(17)14(20)11-4-2-10(3-5-11)8-13(18)19/h2-5,12,14,17,20H,6-8H2,1H3,(H,15,16)(H,18,19). The van der Waals surface area contributed by atoms with Crippen LogP contribution in [0.15, 0.2) is 24.3 Å². The highest BCUT2D eigenvalue weighted by atomic mass is 16.4. The summed E-state index contributed by atoms with van der Waals surface area (Å²) in [6, 6.07) is 6.38. The van der Waals surface area contributed by atoms with Crippen molar-refractivity contribution in [1.82, 2.24) is 5.32 Å². The minimum atomic E-state index is -1.07. The van der Waals surface area contributed by atoms with Crippen LogP contribution in [-0.2, 0) is 16.0 Å². The van der Waals surface area contributed by atoms with Crippen molar-refractivity contribution in [3.8, 4) is 0 Å². The SMILES string of the molecule is CC(=O)NCCC(O)C(O)c1ccc(CC(=O)O)cc1. The number of carbonyl (C=O) groups is 2. The molecule has 1 amide bonds. The third-order valence-corrected chi connectivity index (χ3v) is 2.86. The van der Waals surface area contributed by atoms with E-state index < -0.39 is 18.2 Å². The number of amides is 1. The summed E-state index contributed by atoms with van der Waals surface area (Å²) in [7, 11) is 0. The first kappa shape index (κ1) is 16.1. The Labute approximate surface area is 117 Å². The van der Waals surface area contributed by atoms with E-state index in [-0.39, 0.29) is 25.3 Å². The second-order valence-electron chi connectivity index (χ2n) is 4.60. The lowest BCUT2D eigenvalue weighted by Gasteiger charge is -2.18. The van der Waals surface area contributed by atoms with Crippen LogP contribution in [0.25, 0.3) is 0 Å². The Balaban J connectivity index is 2.55. The molecule has 0 saturated heterocycles. The van der Waals surface area contributed by atoms with Crippen LogP contribution < -0.4 is 5.32 Å². The van der Waals surface area contributed by atoms with Gasteiger partial charge < -0.3 is 20.6 Å².